The maximum absolute atomic E-state index is 4.92. The van der Waals surface area contributed by atoms with E-state index >= 15 is 0 Å². The average molecular weight is 261 g/mol. The fourth-order valence-electron chi connectivity index (χ4n) is 0.924. The lowest BCUT2D eigenvalue weighted by atomic mass is 10.4. The van der Waals surface area contributed by atoms with E-state index in [1.165, 1.54) is 4.88 Å². The molecule has 0 aliphatic carbocycles. The van der Waals surface area contributed by atoms with Crippen molar-refractivity contribution < 1.29 is 0 Å². The highest BCUT2D eigenvalue weighted by atomic mass is 79.9. The average Bonchev–Trinajstić information content (AvgIpc) is 2.58. The molecule has 0 fully saturated rings. The molecule has 0 saturated carbocycles. The zero-order valence-corrected chi connectivity index (χ0v) is 9.15. The van der Waals surface area contributed by atoms with Crippen LogP contribution in [0.4, 0.5) is 0 Å². The van der Waals surface area contributed by atoms with E-state index in [2.05, 4.69) is 25.9 Å². The molecule has 12 heavy (non-hydrogen) atoms. The fourth-order valence-corrected chi connectivity index (χ4v) is 2.45. The van der Waals surface area contributed by atoms with E-state index in [4.69, 9.17) is 12.2 Å². The summed E-state index contributed by atoms with van der Waals surface area (Å²) >= 11 is 10.00. The first-order valence-electron chi connectivity index (χ1n) is 3.29. The minimum Gasteiger partial charge on any atom is -0.337 e. The highest BCUT2D eigenvalue weighted by Gasteiger charge is 2.01. The Bertz CT molecular complexity index is 440. The van der Waals surface area contributed by atoms with E-state index in [0.717, 1.165) is 9.48 Å². The first-order chi connectivity index (χ1) is 5.75. The van der Waals surface area contributed by atoms with Crippen LogP contribution in [0.2, 0.25) is 0 Å². The number of rotatable bonds is 1. The van der Waals surface area contributed by atoms with Crippen LogP contribution in [-0.2, 0) is 0 Å². The summed E-state index contributed by atoms with van der Waals surface area (Å²) in [6.45, 7) is 0. The van der Waals surface area contributed by atoms with Gasteiger partial charge in [-0.3, -0.25) is 0 Å². The Balaban J connectivity index is 2.50. The molecule has 0 radical (unpaired) electrons. The van der Waals surface area contributed by atoms with Crippen molar-refractivity contribution in [1.29, 1.82) is 0 Å². The first kappa shape index (κ1) is 8.22. The predicted molar refractivity (Wildman–Crippen MR) is 57.0 cm³/mol. The van der Waals surface area contributed by atoms with Gasteiger partial charge < -0.3 is 9.97 Å². The maximum atomic E-state index is 4.92. The van der Waals surface area contributed by atoms with E-state index in [1.807, 2.05) is 18.3 Å². The van der Waals surface area contributed by atoms with E-state index in [9.17, 15) is 0 Å². The van der Waals surface area contributed by atoms with Gasteiger partial charge in [0, 0.05) is 6.20 Å². The van der Waals surface area contributed by atoms with Crippen LogP contribution in [0.1, 0.15) is 0 Å². The second kappa shape index (κ2) is 3.16. The second-order valence-electron chi connectivity index (χ2n) is 2.26. The Hall–Kier alpha value is -0.390. The minimum atomic E-state index is 0.662. The number of imidazole rings is 1. The summed E-state index contributed by atoms with van der Waals surface area (Å²) in [5, 5.41) is 0. The van der Waals surface area contributed by atoms with Crippen molar-refractivity contribution in [3.8, 4) is 10.6 Å². The van der Waals surface area contributed by atoms with E-state index in [1.54, 1.807) is 11.3 Å². The molecule has 2 heterocycles. The van der Waals surface area contributed by atoms with Gasteiger partial charge in [0.15, 0.2) is 4.77 Å². The van der Waals surface area contributed by atoms with Crippen molar-refractivity contribution in [2.45, 2.75) is 0 Å². The van der Waals surface area contributed by atoms with Crippen molar-refractivity contribution >= 4 is 39.5 Å². The summed E-state index contributed by atoms with van der Waals surface area (Å²) in [7, 11) is 0. The number of nitrogens with one attached hydrogen (secondary N) is 2. The van der Waals surface area contributed by atoms with Gasteiger partial charge in [-0.1, -0.05) is 0 Å². The molecule has 0 bridgehead atoms. The van der Waals surface area contributed by atoms with Crippen LogP contribution in [0, 0.1) is 4.77 Å². The van der Waals surface area contributed by atoms with Crippen LogP contribution in [0.3, 0.4) is 0 Å². The van der Waals surface area contributed by atoms with Gasteiger partial charge in [-0.05, 0) is 40.3 Å². The van der Waals surface area contributed by atoms with Gasteiger partial charge in [-0.2, -0.15) is 0 Å². The molecule has 2 nitrogen and oxygen atoms in total. The maximum Gasteiger partial charge on any atom is 0.174 e. The molecule has 0 saturated heterocycles. The minimum absolute atomic E-state index is 0.662. The Kier molecular flexibility index (Phi) is 2.16. The van der Waals surface area contributed by atoms with Crippen molar-refractivity contribution in [3.63, 3.8) is 0 Å². The lowest BCUT2D eigenvalue weighted by molar-refractivity contribution is 1.27. The van der Waals surface area contributed by atoms with Crippen LogP contribution >= 0.6 is 39.5 Å². The van der Waals surface area contributed by atoms with E-state index < -0.39 is 0 Å². The van der Waals surface area contributed by atoms with Crippen LogP contribution < -0.4 is 0 Å². The lowest BCUT2D eigenvalue weighted by Gasteiger charge is -1.86. The Labute approximate surface area is 86.8 Å². The molecule has 0 spiro atoms. The van der Waals surface area contributed by atoms with Crippen molar-refractivity contribution in [2.24, 2.45) is 0 Å². The molecule has 0 aliphatic heterocycles. The third-order valence-corrected chi connectivity index (χ3v) is 3.31. The van der Waals surface area contributed by atoms with Crippen LogP contribution in [-0.4, -0.2) is 9.97 Å². The van der Waals surface area contributed by atoms with E-state index in [0.29, 0.717) is 4.77 Å². The van der Waals surface area contributed by atoms with Crippen molar-refractivity contribution in [3.05, 3.63) is 26.9 Å². The predicted octanol–water partition coefficient (Wildman–Crippen LogP) is 3.56. The number of aromatic nitrogens is 2. The molecule has 2 aromatic heterocycles. The highest BCUT2D eigenvalue weighted by Crippen LogP contribution is 2.29. The smallest absolute Gasteiger partial charge is 0.174 e. The summed E-state index contributed by atoms with van der Waals surface area (Å²) < 4.78 is 1.78. The SMILES string of the molecule is S=c1[nH]cc(-c2ccc(Br)s2)[nH]1. The van der Waals surface area contributed by atoms with Gasteiger partial charge >= 0.3 is 0 Å². The zero-order valence-electron chi connectivity index (χ0n) is 5.93. The molecular weight excluding hydrogens is 256 g/mol. The summed E-state index contributed by atoms with van der Waals surface area (Å²) in [5.74, 6) is 0. The van der Waals surface area contributed by atoms with Gasteiger partial charge in [0.1, 0.15) is 0 Å². The second-order valence-corrected chi connectivity index (χ2v) is 5.13. The molecule has 0 unspecified atom stereocenters. The van der Waals surface area contributed by atoms with Gasteiger partial charge in [-0.15, -0.1) is 11.3 Å². The van der Waals surface area contributed by atoms with Crippen LogP contribution in [0.25, 0.3) is 10.6 Å². The number of thiophene rings is 1. The quantitative estimate of drug-likeness (QED) is 0.755. The first-order valence-corrected chi connectivity index (χ1v) is 5.31. The Morgan fingerprint density at radius 1 is 1.42 bits per heavy atom. The largest absolute Gasteiger partial charge is 0.337 e. The van der Waals surface area contributed by atoms with Crippen LogP contribution in [0.5, 0.6) is 0 Å². The summed E-state index contributed by atoms with van der Waals surface area (Å²) in [5.41, 5.74) is 1.04. The number of hydrogen-bond donors (Lipinski definition) is 2. The Morgan fingerprint density at radius 3 is 2.75 bits per heavy atom. The van der Waals surface area contributed by atoms with Crippen LogP contribution in [0.15, 0.2) is 22.1 Å². The molecule has 62 valence electrons. The third-order valence-electron chi connectivity index (χ3n) is 1.43. The normalized spacial score (nSPS) is 10.4. The fraction of sp³-hybridized carbons (Fsp3) is 0. The van der Waals surface area contributed by atoms with Crippen molar-refractivity contribution in [1.82, 2.24) is 9.97 Å². The van der Waals surface area contributed by atoms with Gasteiger partial charge in [0.05, 0.1) is 14.4 Å². The van der Waals surface area contributed by atoms with E-state index in [-0.39, 0.29) is 0 Å². The topological polar surface area (TPSA) is 31.6 Å². The summed E-state index contributed by atoms with van der Waals surface area (Å²) in [4.78, 5) is 7.16. The molecular formula is C7H5BrN2S2. The van der Waals surface area contributed by atoms with Gasteiger partial charge in [-0.25, -0.2) is 0 Å². The Morgan fingerprint density at radius 2 is 2.25 bits per heavy atom. The number of H-pyrrole nitrogens is 2. The zero-order chi connectivity index (χ0) is 8.55. The molecule has 0 aromatic carbocycles. The van der Waals surface area contributed by atoms with Gasteiger partial charge in [0.2, 0.25) is 0 Å². The summed E-state index contributed by atoms with van der Waals surface area (Å²) in [6.07, 6.45) is 1.88. The molecule has 2 rings (SSSR count). The summed E-state index contributed by atoms with van der Waals surface area (Å²) in [6, 6.07) is 4.06. The molecule has 2 aromatic rings. The molecule has 5 heteroatoms. The number of halogens is 1. The number of hydrogen-bond acceptors (Lipinski definition) is 2. The third kappa shape index (κ3) is 1.53. The highest BCUT2D eigenvalue weighted by molar-refractivity contribution is 9.11. The molecule has 0 atom stereocenters. The molecule has 0 aliphatic rings. The molecule has 2 N–H and O–H groups in total. The lowest BCUT2D eigenvalue weighted by Crippen LogP contribution is -1.67. The molecule has 0 amide bonds. The van der Waals surface area contributed by atoms with Gasteiger partial charge in [0.25, 0.3) is 0 Å². The number of aromatic amines is 2. The monoisotopic (exact) mass is 260 g/mol. The standard InChI is InChI=1S/C7H5BrN2S2/c8-6-2-1-5(12-6)4-3-9-7(11)10-4/h1-3H,(H2,9,10,11). The van der Waals surface area contributed by atoms with Crippen molar-refractivity contribution in [2.75, 3.05) is 0 Å².